The Hall–Kier alpha value is -2.22. The molecular formula is C13H18N4O4. The van der Waals surface area contributed by atoms with Gasteiger partial charge in [-0.2, -0.15) is 0 Å². The van der Waals surface area contributed by atoms with Gasteiger partial charge in [-0.25, -0.2) is 9.78 Å². The third kappa shape index (κ3) is 3.88. The summed E-state index contributed by atoms with van der Waals surface area (Å²) in [5, 5.41) is 22.8. The van der Waals surface area contributed by atoms with Gasteiger partial charge in [0.2, 0.25) is 5.82 Å². The van der Waals surface area contributed by atoms with Crippen molar-refractivity contribution in [2.45, 2.75) is 12.8 Å². The second kappa shape index (κ2) is 6.49. The van der Waals surface area contributed by atoms with Crippen LogP contribution in [0, 0.1) is 16.0 Å². The molecule has 8 nitrogen and oxygen atoms in total. The number of nitrogens with zero attached hydrogens (tertiary/aromatic N) is 3. The fraction of sp³-hybridized carbons (Fsp3) is 0.538. The molecule has 2 heterocycles. The highest BCUT2D eigenvalue weighted by Crippen LogP contribution is 2.23. The zero-order chi connectivity index (χ0) is 15.4. The summed E-state index contributed by atoms with van der Waals surface area (Å²) in [7, 11) is 2.04. The van der Waals surface area contributed by atoms with Crippen molar-refractivity contribution in [1.82, 2.24) is 9.88 Å². The molecule has 1 atom stereocenters. The van der Waals surface area contributed by atoms with Crippen LogP contribution in [0.1, 0.15) is 23.3 Å². The van der Waals surface area contributed by atoms with Crippen molar-refractivity contribution >= 4 is 17.5 Å². The molecule has 0 bridgehead atoms. The molecule has 2 rings (SSSR count). The van der Waals surface area contributed by atoms with Gasteiger partial charge >= 0.3 is 11.7 Å². The van der Waals surface area contributed by atoms with Gasteiger partial charge in [-0.05, 0) is 38.4 Å². The summed E-state index contributed by atoms with van der Waals surface area (Å²) >= 11 is 0. The van der Waals surface area contributed by atoms with Crippen LogP contribution in [0.2, 0.25) is 0 Å². The number of aromatic nitrogens is 1. The minimum Gasteiger partial charge on any atom is -0.477 e. The first kappa shape index (κ1) is 15.2. The molecule has 1 aromatic heterocycles. The van der Waals surface area contributed by atoms with E-state index >= 15 is 0 Å². The number of hydrogen-bond acceptors (Lipinski definition) is 6. The Kier molecular flexibility index (Phi) is 4.69. The normalized spacial score (nSPS) is 19.2. The predicted molar refractivity (Wildman–Crippen MR) is 76.6 cm³/mol. The number of pyridine rings is 1. The molecule has 1 fully saturated rings. The third-order valence-corrected chi connectivity index (χ3v) is 3.57. The number of piperidine rings is 1. The van der Waals surface area contributed by atoms with Crippen LogP contribution >= 0.6 is 0 Å². The number of anilines is 1. The largest absolute Gasteiger partial charge is 0.477 e. The van der Waals surface area contributed by atoms with Gasteiger partial charge in [0.1, 0.15) is 0 Å². The molecule has 21 heavy (non-hydrogen) atoms. The molecule has 1 saturated heterocycles. The van der Waals surface area contributed by atoms with Crippen molar-refractivity contribution in [2.24, 2.45) is 5.92 Å². The topological polar surface area (TPSA) is 109 Å². The van der Waals surface area contributed by atoms with Gasteiger partial charge in [0, 0.05) is 19.2 Å². The number of nitro groups is 1. The van der Waals surface area contributed by atoms with Crippen LogP contribution in [0.15, 0.2) is 12.1 Å². The maximum Gasteiger partial charge on any atom is 0.354 e. The van der Waals surface area contributed by atoms with Crippen LogP contribution in [-0.2, 0) is 0 Å². The summed E-state index contributed by atoms with van der Waals surface area (Å²) in [6.45, 7) is 2.52. The highest BCUT2D eigenvalue weighted by molar-refractivity contribution is 5.86. The number of carbonyl (C=O) groups is 1. The summed E-state index contributed by atoms with van der Waals surface area (Å²) in [5.41, 5.74) is -0.409. The smallest absolute Gasteiger partial charge is 0.354 e. The minimum atomic E-state index is -1.20. The molecular weight excluding hydrogens is 276 g/mol. The number of nitrogens with one attached hydrogen (secondary N) is 1. The molecule has 1 aliphatic rings. The SMILES string of the molecule is CN1CCCC(CNc2nc(C(=O)O)ccc2[N+](=O)[O-])C1. The van der Waals surface area contributed by atoms with E-state index in [9.17, 15) is 14.9 Å². The monoisotopic (exact) mass is 294 g/mol. The summed E-state index contributed by atoms with van der Waals surface area (Å²) in [6.07, 6.45) is 2.14. The van der Waals surface area contributed by atoms with Crippen LogP contribution in [0.25, 0.3) is 0 Å². The fourth-order valence-electron chi connectivity index (χ4n) is 2.53. The quantitative estimate of drug-likeness (QED) is 0.624. The molecule has 2 N–H and O–H groups in total. The van der Waals surface area contributed by atoms with Crippen LogP contribution < -0.4 is 5.32 Å². The standard InChI is InChI=1S/C13H18N4O4/c1-16-6-2-3-9(8-16)7-14-12-11(17(20)21)5-4-10(15-12)13(18)19/h4-5,9H,2-3,6-8H2,1H3,(H,14,15)(H,18,19). The Bertz CT molecular complexity index is 549. The molecule has 1 aromatic rings. The lowest BCUT2D eigenvalue weighted by molar-refractivity contribution is -0.384. The van der Waals surface area contributed by atoms with E-state index < -0.39 is 10.9 Å². The van der Waals surface area contributed by atoms with Gasteiger partial charge in [-0.15, -0.1) is 0 Å². The Morgan fingerprint density at radius 3 is 3.00 bits per heavy atom. The van der Waals surface area contributed by atoms with Gasteiger partial charge in [-0.1, -0.05) is 0 Å². The third-order valence-electron chi connectivity index (χ3n) is 3.57. The van der Waals surface area contributed by atoms with Crippen molar-refractivity contribution in [3.63, 3.8) is 0 Å². The van der Waals surface area contributed by atoms with E-state index in [1.807, 2.05) is 7.05 Å². The van der Waals surface area contributed by atoms with Crippen LogP contribution in [-0.4, -0.2) is 52.6 Å². The molecule has 0 radical (unpaired) electrons. The second-order valence-corrected chi connectivity index (χ2v) is 5.28. The minimum absolute atomic E-state index is 0.0214. The first-order valence-electron chi connectivity index (χ1n) is 6.78. The van der Waals surface area contributed by atoms with Gasteiger partial charge < -0.3 is 15.3 Å². The van der Waals surface area contributed by atoms with Crippen LogP contribution in [0.4, 0.5) is 11.5 Å². The molecule has 0 amide bonds. The first-order valence-corrected chi connectivity index (χ1v) is 6.78. The highest BCUT2D eigenvalue weighted by atomic mass is 16.6. The van der Waals surface area contributed by atoms with Gasteiger partial charge in [0.25, 0.3) is 0 Å². The molecule has 114 valence electrons. The average Bonchev–Trinajstić information content (AvgIpc) is 2.44. The van der Waals surface area contributed by atoms with Crippen molar-refractivity contribution in [3.8, 4) is 0 Å². The van der Waals surface area contributed by atoms with Crippen molar-refractivity contribution < 1.29 is 14.8 Å². The fourth-order valence-corrected chi connectivity index (χ4v) is 2.53. The molecule has 0 saturated carbocycles. The average molecular weight is 294 g/mol. The number of aromatic carboxylic acids is 1. The van der Waals surface area contributed by atoms with Crippen LogP contribution in [0.5, 0.6) is 0 Å². The van der Waals surface area contributed by atoms with E-state index in [-0.39, 0.29) is 17.2 Å². The Balaban J connectivity index is 2.11. The van der Waals surface area contributed by atoms with E-state index in [1.54, 1.807) is 0 Å². The second-order valence-electron chi connectivity index (χ2n) is 5.28. The van der Waals surface area contributed by atoms with E-state index in [0.29, 0.717) is 12.5 Å². The van der Waals surface area contributed by atoms with Crippen molar-refractivity contribution in [2.75, 3.05) is 32.0 Å². The summed E-state index contributed by atoms with van der Waals surface area (Å²) in [6, 6.07) is 2.31. The molecule has 0 aliphatic carbocycles. The zero-order valence-corrected chi connectivity index (χ0v) is 11.8. The maximum absolute atomic E-state index is 11.0. The molecule has 0 spiro atoms. The molecule has 0 aromatic carbocycles. The lowest BCUT2D eigenvalue weighted by atomic mass is 9.98. The summed E-state index contributed by atoms with van der Waals surface area (Å²) < 4.78 is 0. The number of carboxylic acid groups (broad SMARTS) is 1. The first-order chi connectivity index (χ1) is 9.97. The Morgan fingerprint density at radius 1 is 1.62 bits per heavy atom. The number of carboxylic acids is 1. The molecule has 1 unspecified atom stereocenters. The van der Waals surface area contributed by atoms with Gasteiger partial charge in [0.15, 0.2) is 5.69 Å². The zero-order valence-electron chi connectivity index (χ0n) is 11.8. The Labute approximate surface area is 121 Å². The molecule has 1 aliphatic heterocycles. The molecule has 8 heteroatoms. The van der Waals surface area contributed by atoms with Gasteiger partial charge in [-0.3, -0.25) is 10.1 Å². The van der Waals surface area contributed by atoms with Crippen molar-refractivity contribution in [1.29, 1.82) is 0 Å². The number of hydrogen-bond donors (Lipinski definition) is 2. The highest BCUT2D eigenvalue weighted by Gasteiger charge is 2.21. The number of rotatable bonds is 5. The van der Waals surface area contributed by atoms with Crippen molar-refractivity contribution in [3.05, 3.63) is 27.9 Å². The number of likely N-dealkylation sites (tertiary alicyclic amines) is 1. The Morgan fingerprint density at radius 2 is 2.38 bits per heavy atom. The lowest BCUT2D eigenvalue weighted by Crippen LogP contribution is -2.35. The maximum atomic E-state index is 11.0. The van der Waals surface area contributed by atoms with E-state index in [4.69, 9.17) is 5.11 Å². The summed E-state index contributed by atoms with van der Waals surface area (Å²) in [5.74, 6) is -0.808. The van der Waals surface area contributed by atoms with E-state index in [1.165, 1.54) is 6.07 Å². The predicted octanol–water partition coefficient (Wildman–Crippen LogP) is 1.44. The summed E-state index contributed by atoms with van der Waals surface area (Å²) in [4.78, 5) is 27.4. The van der Waals surface area contributed by atoms with E-state index in [0.717, 1.165) is 32.0 Å². The lowest BCUT2D eigenvalue weighted by Gasteiger charge is -2.29. The van der Waals surface area contributed by atoms with Gasteiger partial charge in [0.05, 0.1) is 4.92 Å². The van der Waals surface area contributed by atoms with E-state index in [2.05, 4.69) is 15.2 Å². The van der Waals surface area contributed by atoms with Crippen LogP contribution in [0.3, 0.4) is 0 Å².